The monoisotopic (exact) mass is 652 g/mol. The molecule has 13 nitrogen and oxygen atoms in total. The number of pyridine rings is 1. The third kappa shape index (κ3) is 9.00. The summed E-state index contributed by atoms with van der Waals surface area (Å²) in [4.78, 5) is 34.0. The van der Waals surface area contributed by atoms with Gasteiger partial charge >= 0.3 is 0 Å². The maximum atomic E-state index is 13.6. The average molecular weight is 653 g/mol. The van der Waals surface area contributed by atoms with Crippen molar-refractivity contribution in [2.24, 2.45) is 17.6 Å². The van der Waals surface area contributed by atoms with Gasteiger partial charge in [0.15, 0.2) is 0 Å². The molecule has 0 spiro atoms. The fourth-order valence-corrected chi connectivity index (χ4v) is 6.28. The molecule has 2 amide bonds. The zero-order chi connectivity index (χ0) is 33.1. The van der Waals surface area contributed by atoms with Gasteiger partial charge in [-0.25, -0.2) is 4.98 Å². The smallest absolute Gasteiger partial charge is 0.247 e. The van der Waals surface area contributed by atoms with Crippen LogP contribution in [0.4, 0.5) is 11.5 Å². The highest BCUT2D eigenvalue weighted by atomic mass is 16.5. The van der Waals surface area contributed by atoms with Crippen molar-refractivity contribution in [3.8, 4) is 22.5 Å². The van der Waals surface area contributed by atoms with Gasteiger partial charge in [0.2, 0.25) is 17.6 Å². The first-order valence-electron chi connectivity index (χ1n) is 16.8. The molecule has 6 N–H and O–H groups in total. The first kappa shape index (κ1) is 33.2. The molecule has 3 heterocycles. The van der Waals surface area contributed by atoms with E-state index in [0.717, 1.165) is 93.1 Å². The molecule has 2 aromatic carbocycles. The van der Waals surface area contributed by atoms with Crippen molar-refractivity contribution in [3.63, 3.8) is 0 Å². The Bertz CT molecular complexity index is 1580. The molecule has 2 aromatic heterocycles. The number of hydrogen-bond acceptors (Lipinski definition) is 10. The Kier molecular flexibility index (Phi) is 11.3. The number of benzene rings is 2. The van der Waals surface area contributed by atoms with Gasteiger partial charge in [-0.15, -0.1) is 10.2 Å². The number of hydrogen-bond donors (Lipinski definition) is 5. The molecule has 1 saturated carbocycles. The molecule has 48 heavy (non-hydrogen) atoms. The predicted octanol–water partition coefficient (Wildman–Crippen LogP) is 3.10. The summed E-state index contributed by atoms with van der Waals surface area (Å²) in [7, 11) is 0. The molecular weight excluding hydrogens is 608 g/mol. The number of aromatic nitrogens is 5. The molecule has 2 aliphatic rings. The number of ether oxygens (including phenoxy) is 1. The van der Waals surface area contributed by atoms with Gasteiger partial charge < -0.3 is 26.4 Å². The third-order valence-corrected chi connectivity index (χ3v) is 9.27. The highest BCUT2D eigenvalue weighted by Crippen LogP contribution is 2.28. The number of H-pyrrole nitrogens is 1. The van der Waals surface area contributed by atoms with E-state index in [9.17, 15) is 9.59 Å². The first-order valence-corrected chi connectivity index (χ1v) is 16.8. The Morgan fingerprint density at radius 2 is 1.67 bits per heavy atom. The maximum absolute atomic E-state index is 13.6. The van der Waals surface area contributed by atoms with E-state index < -0.39 is 6.04 Å². The number of rotatable bonds is 13. The van der Waals surface area contributed by atoms with Crippen LogP contribution in [0.25, 0.3) is 22.5 Å². The SMILES string of the molecule is NC[C@H]1CC[C@H](C(=O)N[C@@H](Cc2ccc(-c3ccc(NCCN4CCOCC4)nc3)cc2)C(=O)Nc2ccc(-c3nn[nH]n3)cc2)CC1. The van der Waals surface area contributed by atoms with Crippen molar-refractivity contribution in [1.82, 2.24) is 35.8 Å². The summed E-state index contributed by atoms with van der Waals surface area (Å²) in [5.74, 6) is 1.28. The molecule has 6 rings (SSSR count). The molecular formula is C35H44N10O3. The first-order chi connectivity index (χ1) is 23.5. The summed E-state index contributed by atoms with van der Waals surface area (Å²) in [6.07, 6.45) is 5.64. The second kappa shape index (κ2) is 16.4. The minimum absolute atomic E-state index is 0.0839. The number of nitrogens with two attached hydrogens (primary N) is 1. The zero-order valence-electron chi connectivity index (χ0n) is 27.1. The fourth-order valence-electron chi connectivity index (χ4n) is 6.28. The van der Waals surface area contributed by atoms with E-state index in [1.54, 1.807) is 12.1 Å². The second-order valence-electron chi connectivity index (χ2n) is 12.5. The van der Waals surface area contributed by atoms with Gasteiger partial charge in [0.05, 0.1) is 13.2 Å². The molecule has 2 fully saturated rings. The van der Waals surface area contributed by atoms with E-state index in [4.69, 9.17) is 10.5 Å². The molecule has 1 saturated heterocycles. The highest BCUT2D eigenvalue weighted by Gasteiger charge is 2.29. The van der Waals surface area contributed by atoms with E-state index in [0.29, 0.717) is 30.4 Å². The standard InChI is InChI=1S/C35H44N10O3/c36-22-25-3-7-28(8-4-25)34(46)40-31(35(47)39-30-12-9-27(10-13-30)33-41-43-44-42-33)21-24-1-5-26(6-2-24)29-11-14-32(38-23-29)37-15-16-45-17-19-48-20-18-45/h1-2,5-6,9-14,23,25,28,31H,3-4,7-8,15-22,36H2,(H,37,38)(H,39,47)(H,40,46)(H,41,42,43,44)/t25-,28-,31-/m0/s1. The fraction of sp³-hybridized carbons (Fsp3) is 0.429. The van der Waals surface area contributed by atoms with Crippen LogP contribution in [0.1, 0.15) is 31.2 Å². The van der Waals surface area contributed by atoms with E-state index in [1.165, 1.54) is 0 Å². The van der Waals surface area contributed by atoms with E-state index in [1.807, 2.05) is 48.7 Å². The van der Waals surface area contributed by atoms with Crippen LogP contribution in [0.5, 0.6) is 0 Å². The van der Waals surface area contributed by atoms with Crippen molar-refractivity contribution in [2.75, 3.05) is 56.6 Å². The molecule has 0 unspecified atom stereocenters. The number of amides is 2. The van der Waals surface area contributed by atoms with Crippen LogP contribution >= 0.6 is 0 Å². The van der Waals surface area contributed by atoms with Crippen LogP contribution in [0.15, 0.2) is 66.9 Å². The maximum Gasteiger partial charge on any atom is 0.247 e. The number of anilines is 2. The number of nitrogens with one attached hydrogen (secondary N) is 4. The Morgan fingerprint density at radius 3 is 2.33 bits per heavy atom. The summed E-state index contributed by atoms with van der Waals surface area (Å²) in [6, 6.07) is 18.5. The lowest BCUT2D eigenvalue weighted by molar-refractivity contribution is -0.130. The normalized spacial score (nSPS) is 18.9. The van der Waals surface area contributed by atoms with Gasteiger partial charge in [0.25, 0.3) is 0 Å². The summed E-state index contributed by atoms with van der Waals surface area (Å²) < 4.78 is 5.42. The van der Waals surface area contributed by atoms with Gasteiger partial charge in [0, 0.05) is 61.5 Å². The number of carbonyl (C=O) groups excluding carboxylic acids is 2. The van der Waals surface area contributed by atoms with Crippen LogP contribution in [0, 0.1) is 11.8 Å². The Hall–Kier alpha value is -4.72. The minimum Gasteiger partial charge on any atom is -0.379 e. The topological polar surface area (TPSA) is 176 Å². The molecule has 0 radical (unpaired) electrons. The Morgan fingerprint density at radius 1 is 0.938 bits per heavy atom. The van der Waals surface area contributed by atoms with Crippen LogP contribution < -0.4 is 21.7 Å². The summed E-state index contributed by atoms with van der Waals surface area (Å²) >= 11 is 0. The largest absolute Gasteiger partial charge is 0.379 e. The number of nitrogens with zero attached hydrogens (tertiary/aromatic N) is 5. The number of carbonyl (C=O) groups is 2. The summed E-state index contributed by atoms with van der Waals surface area (Å²) in [5, 5.41) is 23.5. The van der Waals surface area contributed by atoms with Crippen LogP contribution in [0.2, 0.25) is 0 Å². The third-order valence-electron chi connectivity index (χ3n) is 9.27. The van der Waals surface area contributed by atoms with Gasteiger partial charge in [-0.1, -0.05) is 24.3 Å². The van der Waals surface area contributed by atoms with Crippen molar-refractivity contribution in [3.05, 3.63) is 72.4 Å². The second-order valence-corrected chi connectivity index (χ2v) is 12.5. The van der Waals surface area contributed by atoms with Crippen molar-refractivity contribution in [2.45, 2.75) is 38.1 Å². The van der Waals surface area contributed by atoms with Gasteiger partial charge in [-0.3, -0.25) is 14.5 Å². The van der Waals surface area contributed by atoms with Crippen LogP contribution in [-0.2, 0) is 20.7 Å². The lowest BCUT2D eigenvalue weighted by Crippen LogP contribution is -2.48. The minimum atomic E-state index is -0.753. The Balaban J connectivity index is 1.08. The lowest BCUT2D eigenvalue weighted by atomic mass is 9.81. The molecule has 1 aliphatic heterocycles. The summed E-state index contributed by atoms with van der Waals surface area (Å²) in [5.41, 5.74) is 10.2. The molecule has 0 bridgehead atoms. The number of aromatic amines is 1. The number of morpholine rings is 1. The van der Waals surface area contributed by atoms with Crippen molar-refractivity contribution >= 4 is 23.3 Å². The predicted molar refractivity (Wildman–Crippen MR) is 184 cm³/mol. The molecule has 252 valence electrons. The van der Waals surface area contributed by atoms with Gasteiger partial charge in [-0.2, -0.15) is 5.21 Å². The molecule has 1 aliphatic carbocycles. The average Bonchev–Trinajstić information content (AvgIpc) is 3.68. The van der Waals surface area contributed by atoms with Crippen molar-refractivity contribution < 1.29 is 14.3 Å². The highest BCUT2D eigenvalue weighted by molar-refractivity contribution is 5.97. The van der Waals surface area contributed by atoms with E-state index in [-0.39, 0.29) is 17.7 Å². The zero-order valence-corrected chi connectivity index (χ0v) is 27.1. The summed E-state index contributed by atoms with van der Waals surface area (Å²) in [6.45, 7) is 5.95. The van der Waals surface area contributed by atoms with Gasteiger partial charge in [-0.05, 0) is 90.9 Å². The van der Waals surface area contributed by atoms with Gasteiger partial charge in [0.1, 0.15) is 11.9 Å². The van der Waals surface area contributed by atoms with Crippen molar-refractivity contribution in [1.29, 1.82) is 0 Å². The van der Waals surface area contributed by atoms with E-state index in [2.05, 4.69) is 52.5 Å². The quantitative estimate of drug-likeness (QED) is 0.144. The van der Waals surface area contributed by atoms with E-state index >= 15 is 0 Å². The lowest BCUT2D eigenvalue weighted by Gasteiger charge is -2.28. The number of tetrazole rings is 1. The molecule has 4 aromatic rings. The molecule has 13 heteroatoms. The molecule has 1 atom stereocenters. The van der Waals surface area contributed by atoms with Crippen LogP contribution in [-0.4, -0.2) is 94.3 Å². The van der Waals surface area contributed by atoms with Crippen LogP contribution in [0.3, 0.4) is 0 Å². The Labute approximate surface area is 280 Å².